The highest BCUT2D eigenvalue weighted by molar-refractivity contribution is 7.91. The zero-order valence-corrected chi connectivity index (χ0v) is 11.5. The minimum absolute atomic E-state index is 0.0141. The monoisotopic (exact) mass is 303 g/mol. The summed E-state index contributed by atoms with van der Waals surface area (Å²) in [5, 5.41) is 10.1. The largest absolute Gasteiger partial charge is 0.506 e. The third kappa shape index (κ3) is 2.23. The van der Waals surface area contributed by atoms with Crippen LogP contribution in [0.2, 0.25) is 0 Å². The molecule has 0 spiro atoms. The van der Waals surface area contributed by atoms with Gasteiger partial charge in [0.05, 0.1) is 9.79 Å². The quantitative estimate of drug-likeness (QED) is 0.739. The predicted octanol–water partition coefficient (Wildman–Crippen LogP) is 2.91. The van der Waals surface area contributed by atoms with Crippen LogP contribution in [0, 0.1) is 5.82 Å². The van der Waals surface area contributed by atoms with Crippen molar-refractivity contribution in [3.8, 4) is 5.75 Å². The lowest BCUT2D eigenvalue weighted by Crippen LogP contribution is -2.03. The summed E-state index contributed by atoms with van der Waals surface area (Å²) in [6, 6.07) is 10.4. The van der Waals surface area contributed by atoms with Gasteiger partial charge >= 0.3 is 0 Å². The first-order chi connectivity index (χ1) is 10.00. The fourth-order valence-electron chi connectivity index (χ4n) is 2.11. The van der Waals surface area contributed by atoms with E-state index in [4.69, 9.17) is 0 Å². The number of aromatic nitrogens is 1. The number of rotatable bonds is 2. The fourth-order valence-corrected chi connectivity index (χ4v) is 3.56. The van der Waals surface area contributed by atoms with E-state index in [1.807, 2.05) is 0 Å². The van der Waals surface area contributed by atoms with E-state index in [2.05, 4.69) is 4.98 Å². The highest BCUT2D eigenvalue weighted by Crippen LogP contribution is 2.31. The summed E-state index contributed by atoms with van der Waals surface area (Å²) >= 11 is 0. The van der Waals surface area contributed by atoms with E-state index in [1.54, 1.807) is 12.1 Å². The average molecular weight is 303 g/mol. The molecule has 0 saturated carbocycles. The van der Waals surface area contributed by atoms with Crippen molar-refractivity contribution in [1.29, 1.82) is 0 Å². The molecule has 0 atom stereocenters. The molecule has 3 aromatic rings. The molecule has 3 rings (SSSR count). The number of aromatic hydroxyl groups is 1. The van der Waals surface area contributed by atoms with Crippen LogP contribution in [0.25, 0.3) is 10.9 Å². The molecule has 2 aromatic carbocycles. The zero-order chi connectivity index (χ0) is 15.0. The maximum Gasteiger partial charge on any atom is 0.207 e. The minimum Gasteiger partial charge on any atom is -0.506 e. The molecule has 0 aliphatic heterocycles. The zero-order valence-electron chi connectivity index (χ0n) is 10.7. The Morgan fingerprint density at radius 2 is 1.71 bits per heavy atom. The van der Waals surface area contributed by atoms with Crippen LogP contribution in [0.3, 0.4) is 0 Å². The van der Waals surface area contributed by atoms with Crippen LogP contribution in [0.5, 0.6) is 5.75 Å². The Morgan fingerprint density at radius 1 is 1.00 bits per heavy atom. The van der Waals surface area contributed by atoms with E-state index >= 15 is 0 Å². The summed E-state index contributed by atoms with van der Waals surface area (Å²) < 4.78 is 38.2. The molecule has 0 amide bonds. The predicted molar refractivity (Wildman–Crippen MR) is 75.3 cm³/mol. The van der Waals surface area contributed by atoms with Crippen LogP contribution in [0.1, 0.15) is 0 Å². The molecule has 1 heterocycles. The molecule has 1 aromatic heterocycles. The second kappa shape index (κ2) is 4.82. The lowest BCUT2D eigenvalue weighted by Gasteiger charge is -2.09. The first-order valence-electron chi connectivity index (χ1n) is 6.07. The lowest BCUT2D eigenvalue weighted by atomic mass is 10.2. The van der Waals surface area contributed by atoms with Crippen LogP contribution < -0.4 is 0 Å². The van der Waals surface area contributed by atoms with Crippen molar-refractivity contribution in [2.45, 2.75) is 9.79 Å². The molecule has 0 saturated heterocycles. The molecule has 106 valence electrons. The molecule has 6 heteroatoms. The Morgan fingerprint density at radius 3 is 2.43 bits per heavy atom. The summed E-state index contributed by atoms with van der Waals surface area (Å²) in [7, 11) is -3.82. The summed E-state index contributed by atoms with van der Waals surface area (Å²) in [6.07, 6.45) is 1.47. The SMILES string of the molecule is O=S(=O)(c1ccc(F)cc1)c1ccc(O)c2ncccc12. The second-order valence-electron chi connectivity index (χ2n) is 4.44. The number of nitrogens with zero attached hydrogens (tertiary/aromatic N) is 1. The highest BCUT2D eigenvalue weighted by Gasteiger charge is 2.21. The Bertz CT molecular complexity index is 921. The van der Waals surface area contributed by atoms with Gasteiger partial charge in [-0.25, -0.2) is 12.8 Å². The van der Waals surface area contributed by atoms with Gasteiger partial charge in [-0.15, -0.1) is 0 Å². The van der Waals surface area contributed by atoms with Gasteiger partial charge in [-0.1, -0.05) is 0 Å². The van der Waals surface area contributed by atoms with Crippen molar-refractivity contribution >= 4 is 20.7 Å². The number of sulfone groups is 1. The van der Waals surface area contributed by atoms with Crippen LogP contribution in [-0.4, -0.2) is 18.5 Å². The highest BCUT2D eigenvalue weighted by atomic mass is 32.2. The molecule has 0 aliphatic rings. The van der Waals surface area contributed by atoms with E-state index < -0.39 is 15.7 Å². The van der Waals surface area contributed by atoms with Crippen molar-refractivity contribution in [3.63, 3.8) is 0 Å². The van der Waals surface area contributed by atoms with Crippen LogP contribution in [0.4, 0.5) is 4.39 Å². The normalized spacial score (nSPS) is 11.7. The van der Waals surface area contributed by atoms with Gasteiger partial charge in [-0.3, -0.25) is 4.98 Å². The van der Waals surface area contributed by atoms with Gasteiger partial charge < -0.3 is 5.11 Å². The minimum atomic E-state index is -3.82. The molecular weight excluding hydrogens is 293 g/mol. The number of benzene rings is 2. The third-order valence-electron chi connectivity index (χ3n) is 3.12. The van der Waals surface area contributed by atoms with Gasteiger partial charge in [0, 0.05) is 11.6 Å². The van der Waals surface area contributed by atoms with Crippen LogP contribution in [0.15, 0.2) is 64.5 Å². The lowest BCUT2D eigenvalue weighted by molar-refractivity contribution is 0.480. The number of hydrogen-bond acceptors (Lipinski definition) is 4. The smallest absolute Gasteiger partial charge is 0.207 e. The standard InChI is InChI=1S/C15H10FNO3S/c16-10-3-5-11(6-4-10)21(19,20)14-8-7-13(18)15-12(14)2-1-9-17-15/h1-9,18H. The topological polar surface area (TPSA) is 67.3 Å². The summed E-state index contributed by atoms with van der Waals surface area (Å²) in [4.78, 5) is 4.00. The van der Waals surface area contributed by atoms with Crippen molar-refractivity contribution in [3.05, 3.63) is 60.5 Å². The number of hydrogen-bond donors (Lipinski definition) is 1. The molecule has 0 fully saturated rings. The van der Waals surface area contributed by atoms with Gasteiger partial charge in [0.2, 0.25) is 9.84 Å². The number of fused-ring (bicyclic) bond motifs is 1. The molecule has 0 bridgehead atoms. The first kappa shape index (κ1) is 13.5. The summed E-state index contributed by atoms with van der Waals surface area (Å²) in [5.74, 6) is -0.602. The molecular formula is C15H10FNO3S. The van der Waals surface area contributed by atoms with Crippen LogP contribution >= 0.6 is 0 Å². The molecule has 0 unspecified atom stereocenters. The Labute approximate surface area is 120 Å². The van der Waals surface area contributed by atoms with E-state index in [-0.39, 0.29) is 21.1 Å². The molecule has 0 radical (unpaired) electrons. The summed E-state index contributed by atoms with van der Waals surface area (Å²) in [6.45, 7) is 0. The number of phenolic OH excluding ortho intramolecular Hbond substituents is 1. The van der Waals surface area contributed by atoms with E-state index in [1.165, 1.54) is 30.5 Å². The van der Waals surface area contributed by atoms with Gasteiger partial charge in [0.1, 0.15) is 17.1 Å². The molecule has 0 aliphatic carbocycles. The fraction of sp³-hybridized carbons (Fsp3) is 0. The Kier molecular flexibility index (Phi) is 3.10. The Balaban J connectivity index is 2.29. The number of phenols is 1. The Hall–Kier alpha value is -2.47. The van der Waals surface area contributed by atoms with Gasteiger partial charge in [0.15, 0.2) is 0 Å². The van der Waals surface area contributed by atoms with E-state index in [9.17, 15) is 17.9 Å². The average Bonchev–Trinajstić information content (AvgIpc) is 2.48. The van der Waals surface area contributed by atoms with E-state index in [0.717, 1.165) is 12.1 Å². The first-order valence-corrected chi connectivity index (χ1v) is 7.56. The van der Waals surface area contributed by atoms with Crippen molar-refractivity contribution < 1.29 is 17.9 Å². The maximum absolute atomic E-state index is 12.9. The molecule has 4 nitrogen and oxygen atoms in total. The number of halogens is 1. The number of pyridine rings is 1. The van der Waals surface area contributed by atoms with E-state index in [0.29, 0.717) is 5.39 Å². The van der Waals surface area contributed by atoms with Crippen LogP contribution in [-0.2, 0) is 9.84 Å². The van der Waals surface area contributed by atoms with Gasteiger partial charge in [-0.05, 0) is 48.5 Å². The van der Waals surface area contributed by atoms with Gasteiger partial charge in [-0.2, -0.15) is 0 Å². The molecule has 21 heavy (non-hydrogen) atoms. The third-order valence-corrected chi connectivity index (χ3v) is 4.95. The van der Waals surface area contributed by atoms with Crippen molar-refractivity contribution in [2.24, 2.45) is 0 Å². The summed E-state index contributed by atoms with van der Waals surface area (Å²) in [5.41, 5.74) is 0.209. The maximum atomic E-state index is 12.9. The second-order valence-corrected chi connectivity index (χ2v) is 6.36. The molecule has 1 N–H and O–H groups in total. The van der Waals surface area contributed by atoms with Crippen molar-refractivity contribution in [1.82, 2.24) is 4.98 Å². The van der Waals surface area contributed by atoms with Crippen molar-refractivity contribution in [2.75, 3.05) is 0 Å². The van der Waals surface area contributed by atoms with Gasteiger partial charge in [0.25, 0.3) is 0 Å².